The molecule has 4 nitrogen and oxygen atoms in total. The maximum absolute atomic E-state index is 13.1. The number of amides is 1. The summed E-state index contributed by atoms with van der Waals surface area (Å²) in [5, 5.41) is 2.87. The maximum Gasteiger partial charge on any atom is 0.267 e. The van der Waals surface area contributed by atoms with Gasteiger partial charge >= 0.3 is 0 Å². The van der Waals surface area contributed by atoms with E-state index in [1.807, 2.05) is 48.5 Å². The van der Waals surface area contributed by atoms with E-state index in [9.17, 15) is 9.18 Å². The number of hydrogen-bond donors (Lipinski definition) is 1. The lowest BCUT2D eigenvalue weighted by Crippen LogP contribution is -2.42. The molecule has 0 saturated heterocycles. The van der Waals surface area contributed by atoms with Gasteiger partial charge in [-0.1, -0.05) is 24.3 Å². The average molecular weight is 405 g/mol. The Hall–Kier alpha value is -3.34. The summed E-state index contributed by atoms with van der Waals surface area (Å²) in [5.41, 5.74) is 1.69. The number of halogens is 1. The standard InChI is InChI=1S/C25H24FNO3/c1-25(2,30-23-13-7-19(26)8-14-23)24(28)27-20-9-3-17(4-10-20)18-5-11-21(12-6-18)29-22-15-16-22/h3-14,22H,15-16H2,1-2H3,(H,27,28). The fraction of sp³-hybridized carbons (Fsp3) is 0.240. The minimum atomic E-state index is -1.12. The highest BCUT2D eigenvalue weighted by Crippen LogP contribution is 2.29. The van der Waals surface area contributed by atoms with Gasteiger partial charge in [0.15, 0.2) is 5.60 Å². The Morgan fingerprint density at radius 2 is 1.40 bits per heavy atom. The topological polar surface area (TPSA) is 47.6 Å². The lowest BCUT2D eigenvalue weighted by Gasteiger charge is -2.25. The predicted octanol–water partition coefficient (Wildman–Crippen LogP) is 5.83. The van der Waals surface area contributed by atoms with E-state index in [2.05, 4.69) is 5.32 Å². The fourth-order valence-electron chi connectivity index (χ4n) is 2.98. The lowest BCUT2D eigenvalue weighted by molar-refractivity contribution is -0.128. The Labute approximate surface area is 175 Å². The molecule has 0 radical (unpaired) electrons. The zero-order valence-corrected chi connectivity index (χ0v) is 17.0. The first-order valence-corrected chi connectivity index (χ1v) is 10.0. The molecule has 1 aliphatic carbocycles. The van der Waals surface area contributed by atoms with E-state index < -0.39 is 5.60 Å². The van der Waals surface area contributed by atoms with Crippen LogP contribution < -0.4 is 14.8 Å². The number of benzene rings is 3. The van der Waals surface area contributed by atoms with E-state index in [0.717, 1.165) is 29.7 Å². The fourth-order valence-corrected chi connectivity index (χ4v) is 2.98. The van der Waals surface area contributed by atoms with Crippen LogP contribution in [0.5, 0.6) is 11.5 Å². The Balaban J connectivity index is 1.38. The van der Waals surface area contributed by atoms with Gasteiger partial charge in [0.2, 0.25) is 0 Å². The van der Waals surface area contributed by atoms with Crippen molar-refractivity contribution in [3.63, 3.8) is 0 Å². The molecule has 0 aliphatic heterocycles. The van der Waals surface area contributed by atoms with Gasteiger partial charge in [-0.2, -0.15) is 0 Å². The summed E-state index contributed by atoms with van der Waals surface area (Å²) >= 11 is 0. The third-order valence-electron chi connectivity index (χ3n) is 4.89. The van der Waals surface area contributed by atoms with Crippen LogP contribution in [0.4, 0.5) is 10.1 Å². The number of rotatable bonds is 7. The quantitative estimate of drug-likeness (QED) is 0.538. The van der Waals surface area contributed by atoms with Crippen LogP contribution in [0.3, 0.4) is 0 Å². The third-order valence-corrected chi connectivity index (χ3v) is 4.89. The largest absolute Gasteiger partial charge is 0.490 e. The summed E-state index contributed by atoms with van der Waals surface area (Å²) in [6.45, 7) is 3.34. The van der Waals surface area contributed by atoms with Crippen molar-refractivity contribution >= 4 is 11.6 Å². The molecule has 0 aromatic heterocycles. The molecule has 154 valence electrons. The van der Waals surface area contributed by atoms with Crippen molar-refractivity contribution in [1.82, 2.24) is 0 Å². The Bertz CT molecular complexity index is 1010. The van der Waals surface area contributed by atoms with Gasteiger partial charge in [-0.25, -0.2) is 4.39 Å². The van der Waals surface area contributed by atoms with Crippen molar-refractivity contribution in [3.05, 3.63) is 78.6 Å². The van der Waals surface area contributed by atoms with Crippen LogP contribution in [0.15, 0.2) is 72.8 Å². The molecule has 3 aromatic rings. The first-order chi connectivity index (χ1) is 14.4. The van der Waals surface area contributed by atoms with Gasteiger partial charge < -0.3 is 14.8 Å². The first kappa shape index (κ1) is 20.0. The zero-order valence-electron chi connectivity index (χ0n) is 17.0. The molecule has 1 amide bonds. The molecule has 30 heavy (non-hydrogen) atoms. The van der Waals surface area contributed by atoms with Gasteiger partial charge in [-0.15, -0.1) is 0 Å². The molecule has 0 bridgehead atoms. The summed E-state index contributed by atoms with van der Waals surface area (Å²) in [7, 11) is 0. The number of carbonyl (C=O) groups excluding carboxylic acids is 1. The second-order valence-electron chi connectivity index (χ2n) is 7.94. The van der Waals surface area contributed by atoms with Crippen molar-refractivity contribution in [2.75, 3.05) is 5.32 Å². The minimum absolute atomic E-state index is 0.291. The van der Waals surface area contributed by atoms with E-state index in [1.165, 1.54) is 24.3 Å². The summed E-state index contributed by atoms with van der Waals surface area (Å²) in [5.74, 6) is 0.686. The van der Waals surface area contributed by atoms with Crippen molar-refractivity contribution in [1.29, 1.82) is 0 Å². The van der Waals surface area contributed by atoms with Crippen molar-refractivity contribution in [2.24, 2.45) is 0 Å². The molecule has 1 fully saturated rings. The molecular weight excluding hydrogens is 381 g/mol. The van der Waals surface area contributed by atoms with Gasteiger partial charge in [-0.05, 0) is 86.3 Å². The summed E-state index contributed by atoms with van der Waals surface area (Å²) in [6, 6.07) is 21.3. The predicted molar refractivity (Wildman–Crippen MR) is 115 cm³/mol. The highest BCUT2D eigenvalue weighted by Gasteiger charge is 2.30. The summed E-state index contributed by atoms with van der Waals surface area (Å²) < 4.78 is 24.6. The molecule has 1 saturated carbocycles. The van der Waals surface area contributed by atoms with Crippen LogP contribution in [0.25, 0.3) is 11.1 Å². The normalized spacial score (nSPS) is 13.6. The van der Waals surface area contributed by atoms with E-state index >= 15 is 0 Å². The van der Waals surface area contributed by atoms with Crippen molar-refractivity contribution in [3.8, 4) is 22.6 Å². The molecule has 1 aliphatic rings. The van der Waals surface area contributed by atoms with Crippen LogP contribution >= 0.6 is 0 Å². The number of ether oxygens (including phenoxy) is 2. The number of hydrogen-bond acceptors (Lipinski definition) is 3. The van der Waals surface area contributed by atoms with Crippen LogP contribution in [-0.2, 0) is 4.79 Å². The van der Waals surface area contributed by atoms with E-state index in [-0.39, 0.29) is 11.7 Å². The van der Waals surface area contributed by atoms with Gasteiger partial charge in [0.25, 0.3) is 5.91 Å². The molecule has 3 aromatic carbocycles. The Kier molecular flexibility index (Phi) is 5.44. The Morgan fingerprint density at radius 3 is 1.97 bits per heavy atom. The van der Waals surface area contributed by atoms with Gasteiger partial charge in [-0.3, -0.25) is 4.79 Å². The second-order valence-corrected chi connectivity index (χ2v) is 7.94. The van der Waals surface area contributed by atoms with Crippen molar-refractivity contribution in [2.45, 2.75) is 38.4 Å². The van der Waals surface area contributed by atoms with Crippen LogP contribution in [0.1, 0.15) is 26.7 Å². The lowest BCUT2D eigenvalue weighted by atomic mass is 10.0. The molecule has 0 atom stereocenters. The molecule has 0 heterocycles. The first-order valence-electron chi connectivity index (χ1n) is 10.0. The monoisotopic (exact) mass is 405 g/mol. The van der Waals surface area contributed by atoms with Gasteiger partial charge in [0.05, 0.1) is 6.10 Å². The Morgan fingerprint density at radius 1 is 0.867 bits per heavy atom. The van der Waals surface area contributed by atoms with E-state index in [1.54, 1.807) is 13.8 Å². The SMILES string of the molecule is CC(C)(Oc1ccc(F)cc1)C(=O)Nc1ccc(-c2ccc(OC3CC3)cc2)cc1. The van der Waals surface area contributed by atoms with Crippen LogP contribution in [0.2, 0.25) is 0 Å². The minimum Gasteiger partial charge on any atom is -0.490 e. The number of anilines is 1. The smallest absolute Gasteiger partial charge is 0.267 e. The zero-order chi connectivity index (χ0) is 21.1. The highest BCUT2D eigenvalue weighted by molar-refractivity contribution is 5.97. The van der Waals surface area contributed by atoms with Crippen molar-refractivity contribution < 1.29 is 18.7 Å². The third kappa shape index (κ3) is 4.98. The molecule has 4 rings (SSSR count). The van der Waals surface area contributed by atoms with E-state index in [4.69, 9.17) is 9.47 Å². The van der Waals surface area contributed by atoms with Gasteiger partial charge in [0, 0.05) is 5.69 Å². The maximum atomic E-state index is 13.1. The molecular formula is C25H24FNO3. The van der Waals surface area contributed by atoms with E-state index in [0.29, 0.717) is 17.5 Å². The second kappa shape index (κ2) is 8.19. The summed E-state index contributed by atoms with van der Waals surface area (Å²) in [4.78, 5) is 12.7. The molecule has 1 N–H and O–H groups in total. The molecule has 0 spiro atoms. The highest BCUT2D eigenvalue weighted by atomic mass is 19.1. The average Bonchev–Trinajstić information content (AvgIpc) is 3.55. The number of nitrogens with one attached hydrogen (secondary N) is 1. The van der Waals surface area contributed by atoms with Crippen LogP contribution in [-0.4, -0.2) is 17.6 Å². The van der Waals surface area contributed by atoms with Crippen LogP contribution in [0, 0.1) is 5.82 Å². The molecule has 5 heteroatoms. The van der Waals surface area contributed by atoms with Gasteiger partial charge in [0.1, 0.15) is 17.3 Å². The number of carbonyl (C=O) groups is 1. The summed E-state index contributed by atoms with van der Waals surface area (Å²) in [6.07, 6.45) is 2.66. The molecule has 0 unspecified atom stereocenters.